The summed E-state index contributed by atoms with van der Waals surface area (Å²) >= 11 is 0. The van der Waals surface area contributed by atoms with E-state index in [0.29, 0.717) is 18.4 Å². The lowest BCUT2D eigenvalue weighted by Gasteiger charge is -2.28. The minimum atomic E-state index is -2.13. The highest BCUT2D eigenvalue weighted by Gasteiger charge is 2.63. The SMILES string of the molecule is CC(C)OC(=O)OC[C@H]1O[C@@](C#N)(c2ccc3c(N)ncnn23)[C@@H]2OC(=O)OCC/C=C\CCOC(=O)O[C@@H]21. The highest BCUT2D eigenvalue weighted by molar-refractivity contribution is 5.67. The molecule has 0 amide bonds. The first-order chi connectivity index (χ1) is 18.7. The number of anilines is 1. The first kappa shape index (κ1) is 27.5. The van der Waals surface area contributed by atoms with Crippen molar-refractivity contribution in [3.8, 4) is 6.07 Å². The van der Waals surface area contributed by atoms with E-state index in [1.165, 1.54) is 16.6 Å². The van der Waals surface area contributed by atoms with Gasteiger partial charge in [0.05, 0.1) is 25.0 Å². The van der Waals surface area contributed by atoms with Gasteiger partial charge in [0.15, 0.2) is 18.0 Å². The Morgan fingerprint density at radius 3 is 2.56 bits per heavy atom. The minimum Gasteiger partial charge on any atom is -0.434 e. The Labute approximate surface area is 222 Å². The van der Waals surface area contributed by atoms with Gasteiger partial charge in [-0.25, -0.2) is 23.9 Å². The molecule has 1 fully saturated rings. The Morgan fingerprint density at radius 2 is 1.90 bits per heavy atom. The van der Waals surface area contributed by atoms with E-state index in [1.807, 2.05) is 6.07 Å². The van der Waals surface area contributed by atoms with Gasteiger partial charge >= 0.3 is 18.5 Å². The predicted octanol–water partition coefficient (Wildman–Crippen LogP) is 2.38. The summed E-state index contributed by atoms with van der Waals surface area (Å²) in [5.41, 5.74) is 4.22. The molecule has 0 spiro atoms. The summed E-state index contributed by atoms with van der Waals surface area (Å²) in [5, 5.41) is 14.6. The molecule has 2 aliphatic heterocycles. The van der Waals surface area contributed by atoms with Crippen molar-refractivity contribution in [1.29, 1.82) is 5.26 Å². The standard InChI is InChI=1S/C24H27N5O10/c1-14(2)36-23(32)35-11-16-18-19(38-22(31)34-10-6-4-3-5-9-33-21(30)37-18)24(12-25,39-16)17-8-7-15-20(26)27-13-28-29(15)17/h3-4,7-8,13-14,16,18-19H,5-6,9-11H2,1-2H3,(H2,26,27,28)/b4-3-/t16-,18-,19-,24+/m1/s1. The second kappa shape index (κ2) is 11.9. The van der Waals surface area contributed by atoms with Crippen molar-refractivity contribution >= 4 is 29.8 Å². The molecule has 208 valence electrons. The molecule has 4 atom stereocenters. The van der Waals surface area contributed by atoms with Crippen LogP contribution in [0.25, 0.3) is 5.52 Å². The van der Waals surface area contributed by atoms with Gasteiger partial charge in [0.2, 0.25) is 5.60 Å². The lowest BCUT2D eigenvalue weighted by Crippen LogP contribution is -2.46. The third-order valence-corrected chi connectivity index (χ3v) is 5.76. The molecule has 0 unspecified atom stereocenters. The van der Waals surface area contributed by atoms with Crippen LogP contribution in [0.4, 0.5) is 20.2 Å². The molecule has 4 heterocycles. The fourth-order valence-corrected chi connectivity index (χ4v) is 4.12. The molecule has 0 radical (unpaired) electrons. The molecule has 2 aromatic heterocycles. The van der Waals surface area contributed by atoms with E-state index in [1.54, 1.807) is 26.0 Å². The molecular formula is C24H27N5O10. The molecule has 4 rings (SSSR count). The number of nitrogens with two attached hydrogens (primary N) is 1. The van der Waals surface area contributed by atoms with Crippen molar-refractivity contribution in [2.75, 3.05) is 25.6 Å². The van der Waals surface area contributed by atoms with Crippen LogP contribution in [0.15, 0.2) is 30.6 Å². The minimum absolute atomic E-state index is 0.000960. The second-order valence-electron chi connectivity index (χ2n) is 8.76. The Balaban J connectivity index is 1.76. The van der Waals surface area contributed by atoms with Crippen LogP contribution in [0.1, 0.15) is 32.4 Å². The molecule has 2 aromatic rings. The molecule has 0 aromatic carbocycles. The lowest BCUT2D eigenvalue weighted by atomic mass is 9.92. The van der Waals surface area contributed by atoms with Gasteiger partial charge in [-0.1, -0.05) is 12.2 Å². The van der Waals surface area contributed by atoms with Gasteiger partial charge in [0, 0.05) is 0 Å². The van der Waals surface area contributed by atoms with Crippen molar-refractivity contribution in [3.63, 3.8) is 0 Å². The Hall–Kier alpha value is -4.58. The zero-order chi connectivity index (χ0) is 28.0. The van der Waals surface area contributed by atoms with E-state index < -0.39 is 55.1 Å². The van der Waals surface area contributed by atoms with Gasteiger partial charge in [-0.3, -0.25) is 0 Å². The number of hydrogen-bond donors (Lipinski definition) is 1. The summed E-state index contributed by atoms with van der Waals surface area (Å²) in [6.45, 7) is 2.70. The number of ether oxygens (including phenoxy) is 7. The first-order valence-corrected chi connectivity index (χ1v) is 12.1. The number of fused-ring (bicyclic) bond motifs is 2. The zero-order valence-corrected chi connectivity index (χ0v) is 21.2. The van der Waals surface area contributed by atoms with Crippen molar-refractivity contribution < 1.29 is 47.5 Å². The summed E-state index contributed by atoms with van der Waals surface area (Å²) in [4.78, 5) is 41.3. The van der Waals surface area contributed by atoms with Gasteiger partial charge in [0.1, 0.15) is 30.6 Å². The second-order valence-corrected chi connectivity index (χ2v) is 8.76. The highest BCUT2D eigenvalue weighted by Crippen LogP contribution is 2.44. The van der Waals surface area contributed by atoms with Gasteiger partial charge in [-0.05, 0) is 38.8 Å². The highest BCUT2D eigenvalue weighted by atomic mass is 16.8. The quantitative estimate of drug-likeness (QED) is 0.334. The summed E-state index contributed by atoms with van der Waals surface area (Å²) in [5.74, 6) is 0.106. The van der Waals surface area contributed by atoms with Gasteiger partial charge < -0.3 is 38.9 Å². The summed E-state index contributed by atoms with van der Waals surface area (Å²) in [6.07, 6.45) is -2.77. The van der Waals surface area contributed by atoms with Gasteiger partial charge in [-0.15, -0.1) is 0 Å². The number of nitrogens with zero attached hydrogens (tertiary/aromatic N) is 4. The van der Waals surface area contributed by atoms with Crippen LogP contribution in [0.5, 0.6) is 0 Å². The van der Waals surface area contributed by atoms with Crippen LogP contribution in [-0.4, -0.2) is 77.3 Å². The van der Waals surface area contributed by atoms with Crippen molar-refractivity contribution in [2.24, 2.45) is 0 Å². The van der Waals surface area contributed by atoms with Crippen molar-refractivity contribution in [1.82, 2.24) is 14.6 Å². The van der Waals surface area contributed by atoms with E-state index >= 15 is 0 Å². The average Bonchev–Trinajstić information content (AvgIpc) is 3.45. The number of nitriles is 1. The third kappa shape index (κ3) is 5.96. The average molecular weight is 546 g/mol. The van der Waals surface area contributed by atoms with Gasteiger partial charge in [0.25, 0.3) is 0 Å². The molecule has 0 saturated carbocycles. The molecule has 0 aliphatic carbocycles. The molecule has 2 aliphatic rings. The van der Waals surface area contributed by atoms with Gasteiger partial charge in [-0.2, -0.15) is 10.4 Å². The number of aromatic nitrogens is 3. The zero-order valence-electron chi connectivity index (χ0n) is 21.2. The number of carbonyl (C=O) groups is 3. The molecule has 39 heavy (non-hydrogen) atoms. The lowest BCUT2D eigenvalue weighted by molar-refractivity contribution is -0.0807. The van der Waals surface area contributed by atoms with E-state index in [9.17, 15) is 19.6 Å². The largest absolute Gasteiger partial charge is 0.508 e. The van der Waals surface area contributed by atoms with Crippen LogP contribution < -0.4 is 5.73 Å². The Kier molecular flexibility index (Phi) is 8.35. The van der Waals surface area contributed by atoms with E-state index in [0.717, 1.165) is 6.33 Å². The first-order valence-electron chi connectivity index (χ1n) is 12.1. The fraction of sp³-hybridized carbons (Fsp3) is 0.500. The van der Waals surface area contributed by atoms with E-state index in [4.69, 9.17) is 38.9 Å². The Morgan fingerprint density at radius 1 is 1.21 bits per heavy atom. The summed E-state index contributed by atoms with van der Waals surface area (Å²) in [7, 11) is 0. The predicted molar refractivity (Wildman–Crippen MR) is 128 cm³/mol. The van der Waals surface area contributed by atoms with Crippen molar-refractivity contribution in [3.05, 3.63) is 36.3 Å². The molecule has 0 bridgehead atoms. The molecular weight excluding hydrogens is 518 g/mol. The number of nitrogen functional groups attached to an aromatic ring is 1. The maximum absolute atomic E-state index is 12.7. The molecule has 1 saturated heterocycles. The molecule has 15 heteroatoms. The van der Waals surface area contributed by atoms with Crippen LogP contribution >= 0.6 is 0 Å². The molecule has 2 N–H and O–H groups in total. The normalized spacial score (nSPS) is 26.7. The number of cyclic esters (lactones) is 2. The summed E-state index contributed by atoms with van der Waals surface area (Å²) in [6, 6.07) is 5.03. The number of carbonyl (C=O) groups excluding carboxylic acids is 3. The third-order valence-electron chi connectivity index (χ3n) is 5.76. The smallest absolute Gasteiger partial charge is 0.434 e. The number of hydrogen-bond acceptors (Lipinski definition) is 14. The number of rotatable bonds is 4. The van der Waals surface area contributed by atoms with E-state index in [-0.39, 0.29) is 24.7 Å². The summed E-state index contributed by atoms with van der Waals surface area (Å²) < 4.78 is 38.8. The van der Waals surface area contributed by atoms with E-state index in [2.05, 4.69) is 10.1 Å². The van der Waals surface area contributed by atoms with Crippen LogP contribution in [0, 0.1) is 11.3 Å². The maximum Gasteiger partial charge on any atom is 0.508 e. The Bertz CT molecular complexity index is 1290. The monoisotopic (exact) mass is 545 g/mol. The van der Waals surface area contributed by atoms with Crippen LogP contribution in [0.2, 0.25) is 0 Å². The fourth-order valence-electron chi connectivity index (χ4n) is 4.12. The maximum atomic E-state index is 12.7. The van der Waals surface area contributed by atoms with Crippen LogP contribution in [-0.2, 0) is 38.8 Å². The topological polar surface area (TPSA) is 196 Å². The molecule has 15 nitrogen and oxygen atoms in total. The van der Waals surface area contributed by atoms with Crippen LogP contribution in [0.3, 0.4) is 0 Å². The van der Waals surface area contributed by atoms with Crippen molar-refractivity contribution in [2.45, 2.75) is 56.7 Å².